The molecule has 47 heavy (non-hydrogen) atoms. The van der Waals surface area contributed by atoms with E-state index in [0.29, 0.717) is 32.2 Å². The van der Waals surface area contributed by atoms with Gasteiger partial charge >= 0.3 is 12.1 Å². The van der Waals surface area contributed by atoms with Crippen molar-refractivity contribution in [1.82, 2.24) is 16.0 Å². The molecular weight excluding hydrogens is 596 g/mol. The smallest absolute Gasteiger partial charge is 0.407 e. The Morgan fingerprint density at radius 2 is 1.38 bits per heavy atom. The van der Waals surface area contributed by atoms with E-state index in [-0.39, 0.29) is 55.6 Å². The number of primary amides is 1. The van der Waals surface area contributed by atoms with Crippen LogP contribution < -0.4 is 21.7 Å². The Morgan fingerprint density at radius 1 is 0.809 bits per heavy atom. The summed E-state index contributed by atoms with van der Waals surface area (Å²) < 4.78 is 5.63. The minimum Gasteiger partial charge on any atom is -0.449 e. The molecule has 4 rings (SSSR count). The second-order valence-electron chi connectivity index (χ2n) is 12.4. The van der Waals surface area contributed by atoms with Crippen LogP contribution in [0.15, 0.2) is 72.8 Å². The maximum atomic E-state index is 13.5. The van der Waals surface area contributed by atoms with E-state index in [1.165, 1.54) is 0 Å². The molecule has 0 spiro atoms. The number of ketones is 1. The average Bonchev–Trinajstić information content (AvgIpc) is 3.38. The molecule has 10 nitrogen and oxygen atoms in total. The lowest BCUT2D eigenvalue weighted by Gasteiger charge is -2.24. The first-order chi connectivity index (χ1) is 22.7. The molecule has 0 aromatic heterocycles. The number of carbonyl (C=O) groups excluding carboxylic acids is 4. The maximum absolute atomic E-state index is 13.5. The molecular formula is C37H46N4O6. The van der Waals surface area contributed by atoms with Crippen molar-refractivity contribution in [2.45, 2.75) is 64.5 Å². The number of Topliss-reactive ketones (excluding diaryl/α,β-unsaturated/α-hetero) is 1. The van der Waals surface area contributed by atoms with Crippen molar-refractivity contribution in [1.29, 1.82) is 0 Å². The van der Waals surface area contributed by atoms with Gasteiger partial charge in [0.05, 0.1) is 12.6 Å². The lowest BCUT2D eigenvalue weighted by atomic mass is 9.89. The van der Waals surface area contributed by atoms with Crippen molar-refractivity contribution in [3.05, 3.63) is 95.1 Å². The second kappa shape index (κ2) is 17.3. The molecule has 10 heteroatoms. The maximum Gasteiger partial charge on any atom is 0.407 e. The van der Waals surface area contributed by atoms with E-state index in [9.17, 15) is 24.3 Å². The van der Waals surface area contributed by atoms with Crippen LogP contribution in [0.3, 0.4) is 0 Å². The van der Waals surface area contributed by atoms with Gasteiger partial charge in [-0.25, -0.2) is 9.59 Å². The van der Waals surface area contributed by atoms with E-state index >= 15 is 0 Å². The Hall–Kier alpha value is -4.70. The van der Waals surface area contributed by atoms with Crippen LogP contribution in [-0.2, 0) is 27.4 Å². The van der Waals surface area contributed by atoms with Gasteiger partial charge in [0.1, 0.15) is 6.61 Å². The van der Waals surface area contributed by atoms with Crippen LogP contribution in [0.5, 0.6) is 0 Å². The van der Waals surface area contributed by atoms with Crippen LogP contribution in [0.1, 0.15) is 67.7 Å². The Bertz CT molecular complexity index is 1480. The number of aliphatic hydroxyl groups is 1. The molecule has 4 amide bonds. The van der Waals surface area contributed by atoms with E-state index < -0.39 is 18.2 Å². The zero-order chi connectivity index (χ0) is 33.8. The van der Waals surface area contributed by atoms with Crippen LogP contribution in [0.4, 0.5) is 9.59 Å². The highest BCUT2D eigenvalue weighted by molar-refractivity contribution is 5.91. The summed E-state index contributed by atoms with van der Waals surface area (Å²) in [5.74, 6) is -0.763. The Labute approximate surface area is 276 Å². The molecule has 0 saturated heterocycles. The van der Waals surface area contributed by atoms with Gasteiger partial charge in [-0.15, -0.1) is 0 Å². The standard InChI is InChI=1S/C37H46N4O6/c1-24(2)27(35(44)41-33(14-8-19-39-36(38)45)34(43)21-25-15-17-26(22-42)18-16-25)13-7-20-40-37(46)47-23-32-30-11-5-3-9-28(30)29-10-4-6-12-31(29)32/h3-6,9-12,15-18,24,27,32-33,42H,7-8,13-14,19-23H2,1-2H3,(H,40,46)(H,41,44)(H3,38,39,45)/t27-,33-/m0/s1. The number of hydrogen-bond acceptors (Lipinski definition) is 6. The zero-order valence-electron chi connectivity index (χ0n) is 27.2. The summed E-state index contributed by atoms with van der Waals surface area (Å²) in [6.07, 6.45) is 1.49. The Balaban J connectivity index is 1.27. The molecule has 250 valence electrons. The van der Waals surface area contributed by atoms with Gasteiger partial charge in [-0.3, -0.25) is 9.59 Å². The number of carbonyl (C=O) groups is 4. The summed E-state index contributed by atoms with van der Waals surface area (Å²) in [7, 11) is 0. The van der Waals surface area contributed by atoms with Crippen LogP contribution in [0.2, 0.25) is 0 Å². The van der Waals surface area contributed by atoms with Crippen LogP contribution in [0.25, 0.3) is 11.1 Å². The number of nitrogens with one attached hydrogen (secondary N) is 3. The summed E-state index contributed by atoms with van der Waals surface area (Å²) in [5.41, 5.74) is 11.3. The summed E-state index contributed by atoms with van der Waals surface area (Å²) in [6.45, 7) is 4.69. The molecule has 0 saturated carbocycles. The van der Waals surface area contributed by atoms with Gasteiger partial charge in [0.15, 0.2) is 5.78 Å². The number of aliphatic hydroxyl groups excluding tert-OH is 1. The van der Waals surface area contributed by atoms with Crippen molar-refractivity contribution in [2.24, 2.45) is 17.6 Å². The molecule has 2 atom stereocenters. The highest BCUT2D eigenvalue weighted by atomic mass is 16.5. The van der Waals surface area contributed by atoms with Gasteiger partial charge in [0, 0.05) is 31.3 Å². The highest BCUT2D eigenvalue weighted by Gasteiger charge is 2.30. The minimum absolute atomic E-state index is 0.00256. The first-order valence-electron chi connectivity index (χ1n) is 16.3. The predicted molar refractivity (Wildman–Crippen MR) is 180 cm³/mol. The SMILES string of the molecule is CC(C)[C@H](CCCNC(=O)OCC1c2ccccc2-c2ccccc21)C(=O)N[C@@H](CCCNC(N)=O)C(=O)Cc1ccc(CO)cc1. The third-order valence-corrected chi connectivity index (χ3v) is 8.70. The van der Waals surface area contributed by atoms with Gasteiger partial charge in [0.25, 0.3) is 0 Å². The molecule has 0 heterocycles. The van der Waals surface area contributed by atoms with Gasteiger partial charge in [-0.1, -0.05) is 86.6 Å². The van der Waals surface area contributed by atoms with E-state index in [0.717, 1.165) is 33.4 Å². The molecule has 0 fully saturated rings. The molecule has 1 aliphatic rings. The number of ether oxygens (including phenoxy) is 1. The number of nitrogens with two attached hydrogens (primary N) is 1. The van der Waals surface area contributed by atoms with Gasteiger partial charge in [-0.05, 0) is 65.0 Å². The number of benzene rings is 3. The van der Waals surface area contributed by atoms with Crippen LogP contribution in [-0.4, -0.2) is 54.7 Å². The first kappa shape index (κ1) is 35.2. The van der Waals surface area contributed by atoms with E-state index in [1.807, 2.05) is 38.1 Å². The normalized spacial score (nSPS) is 13.3. The lowest BCUT2D eigenvalue weighted by Crippen LogP contribution is -2.46. The number of urea groups is 1. The summed E-state index contributed by atoms with van der Waals surface area (Å²) >= 11 is 0. The molecule has 1 aliphatic carbocycles. The van der Waals surface area contributed by atoms with Crippen LogP contribution >= 0.6 is 0 Å². The van der Waals surface area contributed by atoms with Crippen molar-refractivity contribution in [2.75, 3.05) is 19.7 Å². The molecule has 0 radical (unpaired) electrons. The van der Waals surface area contributed by atoms with Gasteiger partial charge in [-0.2, -0.15) is 0 Å². The minimum atomic E-state index is -0.741. The van der Waals surface area contributed by atoms with Crippen molar-refractivity contribution in [3.8, 4) is 11.1 Å². The van der Waals surface area contributed by atoms with Gasteiger partial charge < -0.3 is 31.5 Å². The molecule has 0 bridgehead atoms. The Morgan fingerprint density at radius 3 is 1.98 bits per heavy atom. The van der Waals surface area contributed by atoms with Crippen molar-refractivity contribution >= 4 is 23.8 Å². The fraction of sp³-hybridized carbons (Fsp3) is 0.405. The summed E-state index contributed by atoms with van der Waals surface area (Å²) in [6, 6.07) is 22.1. The topological polar surface area (TPSA) is 160 Å². The molecule has 6 N–H and O–H groups in total. The van der Waals surface area contributed by atoms with Crippen LogP contribution in [0, 0.1) is 11.8 Å². The Kier molecular flexibility index (Phi) is 12.9. The third kappa shape index (κ3) is 9.89. The van der Waals surface area contributed by atoms with E-state index in [2.05, 4.69) is 40.2 Å². The fourth-order valence-electron chi connectivity index (χ4n) is 6.13. The largest absolute Gasteiger partial charge is 0.449 e. The third-order valence-electron chi connectivity index (χ3n) is 8.70. The average molecular weight is 643 g/mol. The summed E-state index contributed by atoms with van der Waals surface area (Å²) in [4.78, 5) is 50.5. The number of fused-ring (bicyclic) bond motifs is 3. The monoisotopic (exact) mass is 642 g/mol. The van der Waals surface area contributed by atoms with Gasteiger partial charge in [0.2, 0.25) is 5.91 Å². The first-order valence-corrected chi connectivity index (χ1v) is 16.3. The molecule has 3 aromatic carbocycles. The highest BCUT2D eigenvalue weighted by Crippen LogP contribution is 2.44. The van der Waals surface area contributed by atoms with Crippen molar-refractivity contribution in [3.63, 3.8) is 0 Å². The number of rotatable bonds is 17. The fourth-order valence-corrected chi connectivity index (χ4v) is 6.13. The number of hydrogen-bond donors (Lipinski definition) is 5. The molecule has 0 unspecified atom stereocenters. The number of amides is 4. The van der Waals surface area contributed by atoms with E-state index in [1.54, 1.807) is 24.3 Å². The van der Waals surface area contributed by atoms with Crippen molar-refractivity contribution < 1.29 is 29.0 Å². The lowest BCUT2D eigenvalue weighted by molar-refractivity contribution is -0.131. The molecule has 3 aromatic rings. The molecule has 0 aliphatic heterocycles. The number of alkyl carbamates (subject to hydrolysis) is 1. The zero-order valence-corrected chi connectivity index (χ0v) is 27.2. The summed E-state index contributed by atoms with van der Waals surface area (Å²) in [5, 5.41) is 17.6. The predicted octanol–water partition coefficient (Wildman–Crippen LogP) is 4.81. The van der Waals surface area contributed by atoms with E-state index in [4.69, 9.17) is 10.5 Å². The quantitative estimate of drug-likeness (QED) is 0.133. The second-order valence-corrected chi connectivity index (χ2v) is 12.4.